The van der Waals surface area contributed by atoms with Crippen LogP contribution in [0.3, 0.4) is 0 Å². The molecule has 47 heavy (non-hydrogen) atoms. The van der Waals surface area contributed by atoms with Crippen LogP contribution in [-0.4, -0.2) is 14.5 Å². The molecule has 6 aromatic carbocycles. The van der Waals surface area contributed by atoms with Crippen molar-refractivity contribution < 1.29 is 8.83 Å². The number of fused-ring (bicyclic) bond motifs is 9. The van der Waals surface area contributed by atoms with Crippen molar-refractivity contribution in [1.82, 2.24) is 14.5 Å². The number of nitrogens with zero attached hydrogens (tertiary/aromatic N) is 3. The van der Waals surface area contributed by atoms with Gasteiger partial charge in [-0.1, -0.05) is 111 Å². The third-order valence-corrected chi connectivity index (χ3v) is 8.81. The Bertz CT molecular complexity index is 2750. The van der Waals surface area contributed by atoms with Crippen LogP contribution < -0.4 is 0 Å². The molecule has 0 amide bonds. The Kier molecular flexibility index (Phi) is 6.18. The number of aromatic nitrogens is 3. The molecule has 0 spiro atoms. The van der Waals surface area contributed by atoms with E-state index in [1.165, 1.54) is 5.39 Å². The molecule has 0 unspecified atom stereocenters. The molecule has 10 aromatic rings. The Morgan fingerprint density at radius 1 is 0.511 bits per heavy atom. The second-order valence-corrected chi connectivity index (χ2v) is 11.4. The van der Waals surface area contributed by atoms with E-state index in [1.807, 2.05) is 80.6 Å². The molecule has 0 fully saturated rings. The van der Waals surface area contributed by atoms with Crippen LogP contribution in [0, 0.1) is 0 Å². The van der Waals surface area contributed by atoms with E-state index in [2.05, 4.69) is 77.4 Å². The standard InChI is InChI=1S/C40H23N3O2.C2H6/c1-3-12-24(13-4-1)40-41-37(28-18-11-21-34-36(28)27-17-8-10-20-33(27)44-34)39-38(42-40)30-22-32-29(23-35(30)45-39)26-16-7-9-19-31(26)43(32)25-14-5-2-6-15-25;1-2/h1-23H;1-2H3. The van der Waals surface area contributed by atoms with E-state index in [1.54, 1.807) is 0 Å². The third kappa shape index (κ3) is 4.10. The van der Waals surface area contributed by atoms with Gasteiger partial charge >= 0.3 is 0 Å². The van der Waals surface area contributed by atoms with E-state index in [4.69, 9.17) is 18.8 Å². The van der Waals surface area contributed by atoms with Crippen molar-refractivity contribution in [3.63, 3.8) is 0 Å². The zero-order chi connectivity index (χ0) is 31.5. The van der Waals surface area contributed by atoms with Crippen LogP contribution in [0.15, 0.2) is 148 Å². The van der Waals surface area contributed by atoms with Crippen LogP contribution in [0.25, 0.3) is 94.1 Å². The van der Waals surface area contributed by atoms with Crippen LogP contribution in [0.2, 0.25) is 0 Å². The van der Waals surface area contributed by atoms with Gasteiger partial charge in [-0.25, -0.2) is 9.97 Å². The Morgan fingerprint density at radius 2 is 1.21 bits per heavy atom. The highest BCUT2D eigenvalue weighted by atomic mass is 16.3. The molecule has 5 heteroatoms. The highest BCUT2D eigenvalue weighted by molar-refractivity contribution is 6.19. The van der Waals surface area contributed by atoms with E-state index in [9.17, 15) is 0 Å². The zero-order valence-electron chi connectivity index (χ0n) is 25.9. The molecule has 0 radical (unpaired) electrons. The molecule has 4 aromatic heterocycles. The van der Waals surface area contributed by atoms with Crippen LogP contribution in [0.5, 0.6) is 0 Å². The van der Waals surface area contributed by atoms with Crippen molar-refractivity contribution >= 4 is 65.8 Å². The Labute approximate surface area is 270 Å². The maximum Gasteiger partial charge on any atom is 0.180 e. The van der Waals surface area contributed by atoms with Gasteiger partial charge in [0.05, 0.1) is 11.0 Å². The van der Waals surface area contributed by atoms with E-state index >= 15 is 0 Å². The maximum absolute atomic E-state index is 6.77. The smallest absolute Gasteiger partial charge is 0.180 e. The van der Waals surface area contributed by atoms with Gasteiger partial charge in [0.2, 0.25) is 0 Å². The second-order valence-electron chi connectivity index (χ2n) is 11.4. The van der Waals surface area contributed by atoms with Gasteiger partial charge in [-0.05, 0) is 42.5 Å². The van der Waals surface area contributed by atoms with Crippen LogP contribution in [-0.2, 0) is 0 Å². The lowest BCUT2D eigenvalue weighted by molar-refractivity contribution is 0.667. The molecule has 0 aliphatic heterocycles. The van der Waals surface area contributed by atoms with Crippen molar-refractivity contribution in [3.8, 4) is 28.3 Å². The third-order valence-electron chi connectivity index (χ3n) is 8.81. The lowest BCUT2D eigenvalue weighted by atomic mass is 10.0. The number of hydrogen-bond donors (Lipinski definition) is 0. The lowest BCUT2D eigenvalue weighted by Crippen LogP contribution is -1.94. The van der Waals surface area contributed by atoms with Crippen molar-refractivity contribution in [2.24, 2.45) is 0 Å². The fourth-order valence-corrected chi connectivity index (χ4v) is 6.83. The molecule has 0 saturated carbocycles. The number of furan rings is 2. The average Bonchev–Trinajstić information content (AvgIpc) is 3.81. The quantitative estimate of drug-likeness (QED) is 0.200. The first-order valence-corrected chi connectivity index (χ1v) is 16.0. The van der Waals surface area contributed by atoms with Crippen LogP contribution in [0.4, 0.5) is 0 Å². The van der Waals surface area contributed by atoms with Gasteiger partial charge in [-0.3, -0.25) is 0 Å². The lowest BCUT2D eigenvalue weighted by Gasteiger charge is -2.08. The summed E-state index contributed by atoms with van der Waals surface area (Å²) < 4.78 is 15.4. The van der Waals surface area contributed by atoms with E-state index in [0.29, 0.717) is 11.4 Å². The predicted octanol–water partition coefficient (Wildman–Crippen LogP) is 11.7. The Hall–Kier alpha value is -6.20. The number of para-hydroxylation sites is 3. The van der Waals surface area contributed by atoms with Gasteiger partial charge in [-0.15, -0.1) is 0 Å². The summed E-state index contributed by atoms with van der Waals surface area (Å²) in [6, 6.07) is 47.8. The van der Waals surface area contributed by atoms with E-state index < -0.39 is 0 Å². The predicted molar refractivity (Wildman–Crippen MR) is 193 cm³/mol. The molecule has 5 nitrogen and oxygen atoms in total. The molecule has 0 saturated heterocycles. The minimum Gasteiger partial charge on any atom is -0.456 e. The summed E-state index contributed by atoms with van der Waals surface area (Å²) >= 11 is 0. The highest BCUT2D eigenvalue weighted by Crippen LogP contribution is 2.43. The Balaban J connectivity index is 0.00000149. The van der Waals surface area contributed by atoms with Crippen molar-refractivity contribution in [3.05, 3.63) is 140 Å². The minimum absolute atomic E-state index is 0.648. The fraction of sp³-hybridized carbons (Fsp3) is 0.0476. The first-order chi connectivity index (χ1) is 23.3. The van der Waals surface area contributed by atoms with Gasteiger partial charge in [0.1, 0.15) is 28.0 Å². The molecule has 224 valence electrons. The topological polar surface area (TPSA) is 57.0 Å². The molecule has 10 rings (SSSR count). The van der Waals surface area contributed by atoms with Gasteiger partial charge in [0, 0.05) is 43.7 Å². The minimum atomic E-state index is 0.648. The van der Waals surface area contributed by atoms with Crippen LogP contribution >= 0.6 is 0 Å². The normalized spacial score (nSPS) is 11.6. The zero-order valence-corrected chi connectivity index (χ0v) is 25.9. The molecule has 4 heterocycles. The summed E-state index contributed by atoms with van der Waals surface area (Å²) in [7, 11) is 0. The molecular formula is C42H29N3O2. The van der Waals surface area contributed by atoms with E-state index in [0.717, 1.165) is 77.4 Å². The Morgan fingerprint density at radius 3 is 2.04 bits per heavy atom. The summed E-state index contributed by atoms with van der Waals surface area (Å²) in [5.41, 5.74) is 9.86. The maximum atomic E-state index is 6.77. The first kappa shape index (κ1) is 27.1. The highest BCUT2D eigenvalue weighted by Gasteiger charge is 2.23. The number of benzene rings is 6. The van der Waals surface area contributed by atoms with Gasteiger partial charge in [-0.2, -0.15) is 0 Å². The fourth-order valence-electron chi connectivity index (χ4n) is 6.83. The van der Waals surface area contributed by atoms with Crippen molar-refractivity contribution in [2.75, 3.05) is 0 Å². The molecular weight excluding hydrogens is 578 g/mol. The summed E-state index contributed by atoms with van der Waals surface area (Å²) in [5.74, 6) is 0.648. The van der Waals surface area contributed by atoms with E-state index in [-0.39, 0.29) is 0 Å². The largest absolute Gasteiger partial charge is 0.456 e. The van der Waals surface area contributed by atoms with Gasteiger partial charge in [0.25, 0.3) is 0 Å². The summed E-state index contributed by atoms with van der Waals surface area (Å²) in [6.45, 7) is 4.00. The first-order valence-electron chi connectivity index (χ1n) is 16.0. The molecule has 0 bridgehead atoms. The summed E-state index contributed by atoms with van der Waals surface area (Å²) in [4.78, 5) is 10.4. The molecule has 0 aliphatic rings. The summed E-state index contributed by atoms with van der Waals surface area (Å²) in [5, 5.41) is 5.30. The molecule has 0 N–H and O–H groups in total. The van der Waals surface area contributed by atoms with Crippen molar-refractivity contribution in [2.45, 2.75) is 13.8 Å². The SMILES string of the molecule is CC.c1ccc(-c2nc(-c3cccc4oc5ccccc5c34)c3oc4cc5c6ccccc6n(-c6ccccc6)c5cc4c3n2)cc1. The van der Waals surface area contributed by atoms with Crippen LogP contribution in [0.1, 0.15) is 13.8 Å². The van der Waals surface area contributed by atoms with Crippen molar-refractivity contribution in [1.29, 1.82) is 0 Å². The van der Waals surface area contributed by atoms with Gasteiger partial charge < -0.3 is 13.4 Å². The number of rotatable bonds is 3. The number of hydrogen-bond acceptors (Lipinski definition) is 4. The summed E-state index contributed by atoms with van der Waals surface area (Å²) in [6.07, 6.45) is 0. The molecule has 0 aliphatic carbocycles. The monoisotopic (exact) mass is 607 g/mol. The molecule has 0 atom stereocenters. The average molecular weight is 608 g/mol. The van der Waals surface area contributed by atoms with Gasteiger partial charge in [0.15, 0.2) is 11.4 Å². The second kappa shape index (κ2) is 10.7.